The first-order valence-corrected chi connectivity index (χ1v) is 6.24. The van der Waals surface area contributed by atoms with Crippen molar-refractivity contribution in [2.24, 2.45) is 4.99 Å². The average molecular weight is 307 g/mol. The lowest BCUT2D eigenvalue weighted by Crippen LogP contribution is -1.94. The molecule has 0 unspecified atom stereocenters. The number of nitrogens with zero attached hydrogens (tertiary/aromatic N) is 2. The van der Waals surface area contributed by atoms with Gasteiger partial charge in [0.25, 0.3) is 0 Å². The van der Waals surface area contributed by atoms with Gasteiger partial charge in [0.2, 0.25) is 5.75 Å². The third kappa shape index (κ3) is 3.49. The summed E-state index contributed by atoms with van der Waals surface area (Å²) >= 11 is 5.85. The average Bonchev–Trinajstić information content (AvgIpc) is 2.46. The van der Waals surface area contributed by atoms with Gasteiger partial charge < -0.3 is 9.84 Å². The van der Waals surface area contributed by atoms with Gasteiger partial charge >= 0.3 is 5.69 Å². The number of phenolic OH excluding ortho intramolecular Hbond substituents is 1. The Kier molecular flexibility index (Phi) is 4.39. The molecule has 21 heavy (non-hydrogen) atoms. The standard InChI is InChI=1S/C14H11ClN2O4/c1-21-13-6-9(5-12(14(13)18)17(19)20)8-16-11-4-2-3-10(15)7-11/h2-8,18H,1H3. The number of benzene rings is 2. The van der Waals surface area contributed by atoms with E-state index in [1.165, 1.54) is 25.5 Å². The van der Waals surface area contributed by atoms with Crippen LogP contribution in [0.3, 0.4) is 0 Å². The molecule has 0 saturated heterocycles. The summed E-state index contributed by atoms with van der Waals surface area (Å²) in [6, 6.07) is 9.53. The van der Waals surface area contributed by atoms with E-state index in [1.807, 2.05) is 0 Å². The number of aliphatic imine (C=N–C) groups is 1. The molecular formula is C14H11ClN2O4. The van der Waals surface area contributed by atoms with Crippen LogP contribution in [0, 0.1) is 10.1 Å². The van der Waals surface area contributed by atoms with Crippen molar-refractivity contribution in [1.82, 2.24) is 0 Å². The molecular weight excluding hydrogens is 296 g/mol. The van der Waals surface area contributed by atoms with Gasteiger partial charge in [0.15, 0.2) is 5.75 Å². The molecule has 0 aliphatic rings. The van der Waals surface area contributed by atoms with Crippen LogP contribution in [0.25, 0.3) is 0 Å². The lowest BCUT2D eigenvalue weighted by molar-refractivity contribution is -0.386. The Morgan fingerprint density at radius 1 is 1.38 bits per heavy atom. The van der Waals surface area contributed by atoms with Gasteiger partial charge in [0.05, 0.1) is 17.7 Å². The van der Waals surface area contributed by atoms with Crippen LogP contribution in [0.1, 0.15) is 5.56 Å². The van der Waals surface area contributed by atoms with Crippen LogP contribution in [-0.2, 0) is 0 Å². The molecule has 108 valence electrons. The van der Waals surface area contributed by atoms with E-state index in [0.29, 0.717) is 16.3 Å². The Morgan fingerprint density at radius 2 is 2.14 bits per heavy atom. The number of nitro groups is 1. The summed E-state index contributed by atoms with van der Waals surface area (Å²) < 4.78 is 4.91. The minimum atomic E-state index is -0.686. The zero-order valence-corrected chi connectivity index (χ0v) is 11.7. The van der Waals surface area contributed by atoms with Gasteiger partial charge in [-0.1, -0.05) is 17.7 Å². The van der Waals surface area contributed by atoms with E-state index < -0.39 is 16.4 Å². The van der Waals surface area contributed by atoms with Crippen molar-refractivity contribution >= 4 is 29.2 Å². The highest BCUT2D eigenvalue weighted by Crippen LogP contribution is 2.36. The lowest BCUT2D eigenvalue weighted by atomic mass is 10.2. The number of hydrogen-bond acceptors (Lipinski definition) is 5. The van der Waals surface area contributed by atoms with Gasteiger partial charge in [-0.05, 0) is 24.3 Å². The number of ether oxygens (including phenoxy) is 1. The molecule has 0 spiro atoms. The molecule has 6 nitrogen and oxygen atoms in total. The van der Waals surface area contributed by atoms with Crippen molar-refractivity contribution in [1.29, 1.82) is 0 Å². The fraction of sp³-hybridized carbons (Fsp3) is 0.0714. The monoisotopic (exact) mass is 306 g/mol. The minimum Gasteiger partial charge on any atom is -0.500 e. The summed E-state index contributed by atoms with van der Waals surface area (Å²) in [5.74, 6) is -0.501. The number of methoxy groups -OCH3 is 1. The quantitative estimate of drug-likeness (QED) is 0.530. The van der Waals surface area contributed by atoms with Gasteiger partial charge in [-0.15, -0.1) is 0 Å². The lowest BCUT2D eigenvalue weighted by Gasteiger charge is -2.05. The highest BCUT2D eigenvalue weighted by Gasteiger charge is 2.19. The van der Waals surface area contributed by atoms with E-state index in [-0.39, 0.29) is 5.75 Å². The number of aromatic hydroxyl groups is 1. The number of rotatable bonds is 4. The summed E-state index contributed by atoms with van der Waals surface area (Å²) in [5, 5.41) is 21.1. The van der Waals surface area contributed by atoms with Crippen LogP contribution in [0.2, 0.25) is 5.02 Å². The van der Waals surface area contributed by atoms with Gasteiger partial charge in [0.1, 0.15) is 0 Å². The Labute approximate surface area is 125 Å². The second-order valence-electron chi connectivity index (χ2n) is 4.09. The largest absolute Gasteiger partial charge is 0.500 e. The van der Waals surface area contributed by atoms with E-state index in [9.17, 15) is 15.2 Å². The summed E-state index contributed by atoms with van der Waals surface area (Å²) in [7, 11) is 1.32. The molecule has 0 aromatic heterocycles. The van der Waals surface area contributed by atoms with Crippen LogP contribution in [0.5, 0.6) is 11.5 Å². The summed E-state index contributed by atoms with van der Waals surface area (Å²) in [4.78, 5) is 14.4. The molecule has 2 aromatic carbocycles. The van der Waals surface area contributed by atoms with Crippen LogP contribution in [-0.4, -0.2) is 23.4 Å². The predicted octanol–water partition coefficient (Wildman–Crippen LogP) is 3.71. The molecule has 0 aliphatic carbocycles. The van der Waals surface area contributed by atoms with Crippen molar-refractivity contribution in [3.63, 3.8) is 0 Å². The Balaban J connectivity index is 2.40. The normalized spacial score (nSPS) is 10.8. The molecule has 1 N–H and O–H groups in total. The van der Waals surface area contributed by atoms with E-state index in [4.69, 9.17) is 16.3 Å². The maximum absolute atomic E-state index is 10.9. The summed E-state index contributed by atoms with van der Waals surface area (Å²) in [6.45, 7) is 0. The predicted molar refractivity (Wildman–Crippen MR) is 80.0 cm³/mol. The summed E-state index contributed by atoms with van der Waals surface area (Å²) in [5.41, 5.74) is 0.593. The van der Waals surface area contributed by atoms with Crippen LogP contribution in [0.15, 0.2) is 41.4 Å². The van der Waals surface area contributed by atoms with Crippen LogP contribution in [0.4, 0.5) is 11.4 Å². The molecule has 7 heteroatoms. The first-order chi connectivity index (χ1) is 10.0. The first-order valence-electron chi connectivity index (χ1n) is 5.86. The molecule has 2 rings (SSSR count). The molecule has 2 aromatic rings. The molecule has 0 radical (unpaired) electrons. The van der Waals surface area contributed by atoms with Gasteiger partial charge in [-0.25, -0.2) is 0 Å². The number of phenols is 1. The summed E-state index contributed by atoms with van der Waals surface area (Å²) in [6.07, 6.45) is 1.43. The molecule has 0 saturated carbocycles. The number of nitro benzene ring substituents is 1. The molecule has 0 fully saturated rings. The van der Waals surface area contributed by atoms with Crippen LogP contribution >= 0.6 is 11.6 Å². The van der Waals surface area contributed by atoms with Crippen molar-refractivity contribution in [2.75, 3.05) is 7.11 Å². The van der Waals surface area contributed by atoms with E-state index in [2.05, 4.69) is 4.99 Å². The Morgan fingerprint density at radius 3 is 2.76 bits per heavy atom. The third-order valence-electron chi connectivity index (χ3n) is 2.66. The van der Waals surface area contributed by atoms with Crippen molar-refractivity contribution in [3.8, 4) is 11.5 Å². The molecule has 0 heterocycles. The number of hydrogen-bond donors (Lipinski definition) is 1. The fourth-order valence-corrected chi connectivity index (χ4v) is 1.87. The van der Waals surface area contributed by atoms with Crippen molar-refractivity contribution in [3.05, 3.63) is 57.1 Å². The minimum absolute atomic E-state index is 0.0109. The number of halogens is 1. The smallest absolute Gasteiger partial charge is 0.315 e. The van der Waals surface area contributed by atoms with Gasteiger partial charge in [-0.3, -0.25) is 15.1 Å². The van der Waals surface area contributed by atoms with Crippen LogP contribution < -0.4 is 4.74 Å². The van der Waals surface area contributed by atoms with Gasteiger partial charge in [-0.2, -0.15) is 0 Å². The van der Waals surface area contributed by atoms with E-state index >= 15 is 0 Å². The van der Waals surface area contributed by atoms with Gasteiger partial charge in [0, 0.05) is 22.9 Å². The Bertz CT molecular complexity index is 716. The van der Waals surface area contributed by atoms with E-state index in [0.717, 1.165) is 0 Å². The maximum Gasteiger partial charge on any atom is 0.315 e. The second kappa shape index (κ2) is 6.23. The second-order valence-corrected chi connectivity index (χ2v) is 4.52. The first kappa shape index (κ1) is 14.8. The van der Waals surface area contributed by atoms with Crippen molar-refractivity contribution < 1.29 is 14.8 Å². The Hall–Kier alpha value is -2.60. The molecule has 0 atom stereocenters. The molecule has 0 bridgehead atoms. The highest BCUT2D eigenvalue weighted by atomic mass is 35.5. The van der Waals surface area contributed by atoms with E-state index in [1.54, 1.807) is 24.3 Å². The SMILES string of the molecule is COc1cc(C=Nc2cccc(Cl)c2)cc([N+](=O)[O-])c1O. The zero-order valence-electron chi connectivity index (χ0n) is 11.0. The topological polar surface area (TPSA) is 85.0 Å². The molecule has 0 aliphatic heterocycles. The zero-order chi connectivity index (χ0) is 15.4. The van der Waals surface area contributed by atoms with Crippen molar-refractivity contribution in [2.45, 2.75) is 0 Å². The highest BCUT2D eigenvalue weighted by molar-refractivity contribution is 6.30. The molecule has 0 amide bonds. The fourth-order valence-electron chi connectivity index (χ4n) is 1.69. The maximum atomic E-state index is 10.9. The third-order valence-corrected chi connectivity index (χ3v) is 2.90.